The summed E-state index contributed by atoms with van der Waals surface area (Å²) in [6.45, 7) is 1.60. The molecule has 5 aromatic rings. The van der Waals surface area contributed by atoms with Gasteiger partial charge in [-0.3, -0.25) is 9.11 Å². The highest BCUT2D eigenvalue weighted by Gasteiger charge is 2.24. The summed E-state index contributed by atoms with van der Waals surface area (Å²) >= 11 is 1.24. The maximum absolute atomic E-state index is 12.3. The monoisotopic (exact) mass is 570 g/mol. The summed E-state index contributed by atoms with van der Waals surface area (Å²) < 4.78 is 68.2. The molecule has 0 aliphatic heterocycles. The number of aromatic hydroxyl groups is 1. The Labute approximate surface area is 220 Å². The standard InChI is InChI=1S/C24H18N4O7S3/c1-12-5-7-17(19(9-12)37(30,31)32)27-28-21-20(38(33,34)35)11-16-15(22(21)29)6-8-18-23(16)36-24(26-18)13-3-2-4-14(25)10-13/h2-11,29H,25H2,1H3,(H,30,31,32)(H,33,34,35). The van der Waals surface area contributed by atoms with Crippen molar-refractivity contribution in [3.63, 3.8) is 0 Å². The van der Waals surface area contributed by atoms with Gasteiger partial charge in [-0.1, -0.05) is 18.2 Å². The Balaban J connectivity index is 1.74. The number of nitrogens with two attached hydrogens (primary N) is 1. The van der Waals surface area contributed by atoms with Gasteiger partial charge in [-0.05, 0) is 55.0 Å². The summed E-state index contributed by atoms with van der Waals surface area (Å²) in [7, 11) is -9.62. The number of hydrogen-bond donors (Lipinski definition) is 4. The molecule has 194 valence electrons. The number of fused-ring (bicyclic) bond motifs is 3. The molecule has 5 rings (SSSR count). The lowest BCUT2D eigenvalue weighted by molar-refractivity contribution is 0.472. The van der Waals surface area contributed by atoms with Crippen molar-refractivity contribution in [3.8, 4) is 16.3 Å². The Morgan fingerprint density at radius 2 is 1.61 bits per heavy atom. The minimum absolute atomic E-state index is 0.195. The maximum atomic E-state index is 12.3. The SMILES string of the molecule is Cc1ccc(N=Nc2c(S(=O)(=O)O)cc3c(ccc4nc(-c5cccc(N)c5)sc43)c2O)c(S(=O)(=O)O)c1. The molecule has 0 saturated carbocycles. The van der Waals surface area contributed by atoms with E-state index in [4.69, 9.17) is 5.73 Å². The predicted octanol–water partition coefficient (Wildman–Crippen LogP) is 5.62. The first-order valence-electron chi connectivity index (χ1n) is 10.8. The van der Waals surface area contributed by atoms with Gasteiger partial charge in [0, 0.05) is 22.0 Å². The third kappa shape index (κ3) is 4.70. The number of thiazole rings is 1. The van der Waals surface area contributed by atoms with E-state index in [1.165, 1.54) is 29.5 Å². The Morgan fingerprint density at radius 3 is 2.29 bits per heavy atom. The molecule has 0 atom stereocenters. The van der Waals surface area contributed by atoms with Crippen molar-refractivity contribution >= 4 is 69.6 Å². The number of rotatable bonds is 5. The Morgan fingerprint density at radius 1 is 0.868 bits per heavy atom. The molecular weight excluding hydrogens is 552 g/mol. The second kappa shape index (κ2) is 9.11. The maximum Gasteiger partial charge on any atom is 0.296 e. The van der Waals surface area contributed by atoms with Crippen LogP contribution in [0.3, 0.4) is 0 Å². The lowest BCUT2D eigenvalue weighted by Gasteiger charge is -2.09. The minimum atomic E-state index is -4.93. The summed E-state index contributed by atoms with van der Waals surface area (Å²) in [6, 6.07) is 15.3. The minimum Gasteiger partial charge on any atom is -0.505 e. The van der Waals surface area contributed by atoms with Crippen molar-refractivity contribution in [2.75, 3.05) is 5.73 Å². The van der Waals surface area contributed by atoms with Crippen molar-refractivity contribution in [2.45, 2.75) is 16.7 Å². The fraction of sp³-hybridized carbons (Fsp3) is 0.0417. The largest absolute Gasteiger partial charge is 0.505 e. The fourth-order valence-electron chi connectivity index (χ4n) is 3.91. The van der Waals surface area contributed by atoms with Gasteiger partial charge in [0.15, 0.2) is 5.75 Å². The zero-order chi connectivity index (χ0) is 27.4. The van der Waals surface area contributed by atoms with Crippen LogP contribution in [-0.2, 0) is 20.2 Å². The number of azo groups is 1. The van der Waals surface area contributed by atoms with Crippen LogP contribution in [0.15, 0.2) is 80.7 Å². The molecule has 4 aromatic carbocycles. The summed E-state index contributed by atoms with van der Waals surface area (Å²) in [6.07, 6.45) is 0. The van der Waals surface area contributed by atoms with Crippen LogP contribution in [0.1, 0.15) is 5.56 Å². The average Bonchev–Trinajstić information content (AvgIpc) is 3.27. The molecule has 0 bridgehead atoms. The van der Waals surface area contributed by atoms with Crippen LogP contribution in [0.5, 0.6) is 5.75 Å². The van der Waals surface area contributed by atoms with Gasteiger partial charge in [-0.25, -0.2) is 4.98 Å². The number of nitrogens with zero attached hydrogens (tertiary/aromatic N) is 3. The number of anilines is 1. The van der Waals surface area contributed by atoms with Gasteiger partial charge in [0.05, 0.1) is 10.2 Å². The molecule has 0 aliphatic rings. The Kier molecular flexibility index (Phi) is 6.16. The van der Waals surface area contributed by atoms with E-state index >= 15 is 0 Å². The molecule has 0 radical (unpaired) electrons. The van der Waals surface area contributed by atoms with E-state index in [2.05, 4.69) is 15.2 Å². The first-order valence-corrected chi connectivity index (χ1v) is 14.4. The smallest absolute Gasteiger partial charge is 0.296 e. The van der Waals surface area contributed by atoms with E-state index in [0.717, 1.165) is 17.7 Å². The highest BCUT2D eigenvalue weighted by Crippen LogP contribution is 2.45. The zero-order valence-corrected chi connectivity index (χ0v) is 21.8. The lowest BCUT2D eigenvalue weighted by Crippen LogP contribution is -2.00. The molecule has 11 nitrogen and oxygen atoms in total. The van der Waals surface area contributed by atoms with Crippen LogP contribution in [0.4, 0.5) is 17.1 Å². The molecule has 5 N–H and O–H groups in total. The second-order valence-corrected chi connectivity index (χ2v) is 12.1. The molecule has 0 aliphatic carbocycles. The second-order valence-electron chi connectivity index (χ2n) is 8.35. The molecule has 0 unspecified atom stereocenters. The van der Waals surface area contributed by atoms with Crippen molar-refractivity contribution in [1.82, 2.24) is 4.98 Å². The number of phenols is 1. The van der Waals surface area contributed by atoms with E-state index in [1.807, 2.05) is 6.07 Å². The van der Waals surface area contributed by atoms with Gasteiger partial charge in [-0.2, -0.15) is 16.8 Å². The van der Waals surface area contributed by atoms with Gasteiger partial charge >= 0.3 is 0 Å². The Bertz CT molecular complexity index is 2020. The quantitative estimate of drug-likeness (QED) is 0.118. The van der Waals surface area contributed by atoms with Crippen molar-refractivity contribution in [2.24, 2.45) is 10.2 Å². The van der Waals surface area contributed by atoms with Crippen LogP contribution >= 0.6 is 11.3 Å². The van der Waals surface area contributed by atoms with E-state index in [1.54, 1.807) is 31.2 Å². The van der Waals surface area contributed by atoms with Crippen LogP contribution in [0.25, 0.3) is 31.6 Å². The molecule has 0 saturated heterocycles. The molecule has 0 amide bonds. The normalized spacial score (nSPS) is 12.6. The third-order valence-corrected chi connectivity index (χ3v) is 8.55. The van der Waals surface area contributed by atoms with Crippen molar-refractivity contribution in [3.05, 3.63) is 66.2 Å². The fourth-order valence-corrected chi connectivity index (χ4v) is 6.34. The summed E-state index contributed by atoms with van der Waals surface area (Å²) in [5.41, 5.74) is 7.28. The zero-order valence-electron chi connectivity index (χ0n) is 19.4. The van der Waals surface area contributed by atoms with Crippen LogP contribution < -0.4 is 5.73 Å². The summed E-state index contributed by atoms with van der Waals surface area (Å²) in [5.74, 6) is -0.611. The van der Waals surface area contributed by atoms with E-state index in [0.29, 0.717) is 26.5 Å². The summed E-state index contributed by atoms with van der Waals surface area (Å²) in [5, 5.41) is 19.7. The molecule has 1 aromatic heterocycles. The highest BCUT2D eigenvalue weighted by atomic mass is 32.2. The molecular formula is C24H18N4O7S3. The Hall–Kier alpha value is -3.95. The van der Waals surface area contributed by atoms with E-state index < -0.39 is 41.5 Å². The van der Waals surface area contributed by atoms with Gasteiger partial charge in [0.2, 0.25) is 0 Å². The van der Waals surface area contributed by atoms with Gasteiger partial charge in [0.25, 0.3) is 20.2 Å². The number of hydrogen-bond acceptors (Lipinski definition) is 10. The number of aryl methyl sites for hydroxylation is 1. The van der Waals surface area contributed by atoms with Gasteiger partial charge < -0.3 is 10.8 Å². The van der Waals surface area contributed by atoms with Gasteiger partial charge in [0.1, 0.15) is 26.2 Å². The molecule has 1 heterocycles. The molecule has 38 heavy (non-hydrogen) atoms. The highest BCUT2D eigenvalue weighted by molar-refractivity contribution is 7.86. The predicted molar refractivity (Wildman–Crippen MR) is 144 cm³/mol. The van der Waals surface area contributed by atoms with Crippen molar-refractivity contribution in [1.29, 1.82) is 0 Å². The average molecular weight is 571 g/mol. The first-order chi connectivity index (χ1) is 17.8. The van der Waals surface area contributed by atoms with Crippen LogP contribution in [-0.4, -0.2) is 36.0 Å². The number of benzene rings is 4. The number of nitrogen functional groups attached to an aromatic ring is 1. The van der Waals surface area contributed by atoms with Crippen LogP contribution in [0, 0.1) is 6.92 Å². The molecule has 0 spiro atoms. The third-order valence-electron chi connectivity index (χ3n) is 5.65. The topological polar surface area (TPSA) is 193 Å². The first kappa shape index (κ1) is 25.7. The van der Waals surface area contributed by atoms with Crippen molar-refractivity contribution < 1.29 is 31.0 Å². The molecule has 0 fully saturated rings. The summed E-state index contributed by atoms with van der Waals surface area (Å²) in [4.78, 5) is 3.27. The van der Waals surface area contributed by atoms with Crippen LogP contribution in [0.2, 0.25) is 0 Å². The molecule has 14 heteroatoms. The number of phenolic OH excluding ortho intramolecular Hbond substituents is 1. The van der Waals surface area contributed by atoms with E-state index in [-0.39, 0.29) is 16.5 Å². The van der Waals surface area contributed by atoms with E-state index in [9.17, 15) is 31.0 Å². The van der Waals surface area contributed by atoms with Gasteiger partial charge in [-0.15, -0.1) is 21.6 Å². The number of aromatic nitrogens is 1. The lowest BCUT2D eigenvalue weighted by atomic mass is 10.1.